The van der Waals surface area contributed by atoms with Gasteiger partial charge < -0.3 is 20.2 Å². The van der Waals surface area contributed by atoms with Crippen molar-refractivity contribution in [3.63, 3.8) is 0 Å². The lowest BCUT2D eigenvalue weighted by atomic mass is 9.74. The van der Waals surface area contributed by atoms with Crippen LogP contribution in [-0.4, -0.2) is 78.6 Å². The number of hydrogen-bond acceptors (Lipinski definition) is 7. The molecule has 0 radical (unpaired) electrons. The minimum Gasteiger partial charge on any atom is -0.465 e. The topological polar surface area (TPSA) is 145 Å². The molecule has 12 nitrogen and oxygen atoms in total. The second-order valence-corrected chi connectivity index (χ2v) is 12.9. The number of piperidine rings is 2. The number of carbonyl (C=O) groups is 2. The van der Waals surface area contributed by atoms with Crippen LogP contribution in [0.25, 0.3) is 27.9 Å². The number of fused-ring (bicyclic) bond motifs is 1. The van der Waals surface area contributed by atoms with Crippen LogP contribution in [0.2, 0.25) is 0 Å². The lowest BCUT2D eigenvalue weighted by Crippen LogP contribution is -2.52. The molecule has 1 aliphatic carbocycles. The van der Waals surface area contributed by atoms with Crippen molar-refractivity contribution in [3.8, 4) is 28.5 Å². The maximum Gasteiger partial charge on any atom is 0.407 e. The van der Waals surface area contributed by atoms with E-state index in [9.17, 15) is 20.0 Å². The smallest absolute Gasteiger partial charge is 0.407 e. The van der Waals surface area contributed by atoms with Crippen LogP contribution in [0.5, 0.6) is 0 Å². The second-order valence-electron chi connectivity index (χ2n) is 12.9. The molecule has 46 heavy (non-hydrogen) atoms. The van der Waals surface area contributed by atoms with Crippen molar-refractivity contribution in [1.29, 1.82) is 5.26 Å². The number of carboxylic acid groups (broad SMARTS) is 1. The van der Waals surface area contributed by atoms with Crippen LogP contribution >= 0.6 is 0 Å². The van der Waals surface area contributed by atoms with Gasteiger partial charge in [-0.15, -0.1) is 0 Å². The molecule has 4 aromatic heterocycles. The standard InChI is InChI=1S/C34H39N9O3/c1-2-34(32(44)37-25-4-3-5-25)11-16-40(17-12-34)31-7-6-23(21-36-31)28-18-24(22-43-30(28)19-26(20-35)38-43)29-10-15-42(39-29)27-8-13-41(14-9-27)33(45)46/h6-7,10,15,18-19,21-22,25,27H,2-5,8-9,11-14,16-17H2,1H3,(H,37,44)(H,45,46). The van der Waals surface area contributed by atoms with Crippen molar-refractivity contribution in [2.24, 2.45) is 5.41 Å². The highest BCUT2D eigenvalue weighted by molar-refractivity contribution is 5.85. The van der Waals surface area contributed by atoms with Gasteiger partial charge in [-0.2, -0.15) is 15.5 Å². The summed E-state index contributed by atoms with van der Waals surface area (Å²) in [5.74, 6) is 1.11. The summed E-state index contributed by atoms with van der Waals surface area (Å²) in [6, 6.07) is 12.5. The van der Waals surface area contributed by atoms with Gasteiger partial charge in [0.15, 0.2) is 5.69 Å². The number of nitriles is 1. The van der Waals surface area contributed by atoms with E-state index in [1.54, 1.807) is 10.6 Å². The highest BCUT2D eigenvalue weighted by Gasteiger charge is 2.41. The molecular formula is C34H39N9O3. The average molecular weight is 622 g/mol. The molecule has 0 unspecified atom stereocenters. The van der Waals surface area contributed by atoms with Gasteiger partial charge in [-0.1, -0.05) is 6.92 Å². The van der Waals surface area contributed by atoms with Gasteiger partial charge in [-0.25, -0.2) is 14.3 Å². The zero-order valence-corrected chi connectivity index (χ0v) is 26.1. The molecule has 2 N–H and O–H groups in total. The van der Waals surface area contributed by atoms with Crippen LogP contribution in [0.15, 0.2) is 48.9 Å². The summed E-state index contributed by atoms with van der Waals surface area (Å²) in [7, 11) is 0. The number of aromatic nitrogens is 5. The van der Waals surface area contributed by atoms with E-state index in [0.717, 1.165) is 78.9 Å². The zero-order valence-electron chi connectivity index (χ0n) is 26.1. The second kappa shape index (κ2) is 12.1. The van der Waals surface area contributed by atoms with Crippen LogP contribution in [0.1, 0.15) is 70.0 Å². The van der Waals surface area contributed by atoms with E-state index in [-0.39, 0.29) is 17.4 Å². The molecule has 2 amide bonds. The number of likely N-dealkylation sites (tertiary alicyclic amines) is 1. The van der Waals surface area contributed by atoms with E-state index in [0.29, 0.717) is 37.7 Å². The molecule has 0 bridgehead atoms. The quantitative estimate of drug-likeness (QED) is 0.290. The lowest BCUT2D eigenvalue weighted by molar-refractivity contribution is -0.133. The summed E-state index contributed by atoms with van der Waals surface area (Å²) in [5, 5.41) is 31.5. The van der Waals surface area contributed by atoms with Crippen LogP contribution in [0.3, 0.4) is 0 Å². The molecule has 0 spiro atoms. The van der Waals surface area contributed by atoms with Crippen molar-refractivity contribution in [2.45, 2.75) is 70.4 Å². The SMILES string of the molecule is CCC1(C(=O)NC2CCC2)CCN(c2ccc(-c3cc(-c4ccn(C5CCN(C(=O)O)CC5)n4)cn4nc(C#N)cc34)cn2)CC1. The Labute approximate surface area is 267 Å². The van der Waals surface area contributed by atoms with E-state index in [1.165, 1.54) is 11.3 Å². The first kappa shape index (κ1) is 29.8. The molecule has 1 saturated carbocycles. The highest BCUT2D eigenvalue weighted by Crippen LogP contribution is 2.38. The van der Waals surface area contributed by atoms with E-state index in [1.807, 2.05) is 35.4 Å². The lowest BCUT2D eigenvalue weighted by Gasteiger charge is -2.42. The summed E-state index contributed by atoms with van der Waals surface area (Å²) < 4.78 is 3.66. The van der Waals surface area contributed by atoms with Crippen molar-refractivity contribution in [2.75, 3.05) is 31.1 Å². The summed E-state index contributed by atoms with van der Waals surface area (Å²) in [5.41, 5.74) is 4.25. The summed E-state index contributed by atoms with van der Waals surface area (Å²) in [6.07, 6.45) is 12.1. The fourth-order valence-electron chi connectivity index (χ4n) is 7.06. The number of hydrogen-bond donors (Lipinski definition) is 2. The van der Waals surface area contributed by atoms with E-state index in [2.05, 4.69) is 40.4 Å². The third-order valence-electron chi connectivity index (χ3n) is 10.4. The molecular weight excluding hydrogens is 582 g/mol. The van der Waals surface area contributed by atoms with Gasteiger partial charge in [0.05, 0.1) is 22.7 Å². The van der Waals surface area contributed by atoms with Crippen molar-refractivity contribution in [3.05, 3.63) is 54.6 Å². The molecule has 2 saturated heterocycles. The van der Waals surface area contributed by atoms with E-state index >= 15 is 0 Å². The van der Waals surface area contributed by atoms with Crippen molar-refractivity contribution >= 4 is 23.3 Å². The van der Waals surface area contributed by atoms with E-state index in [4.69, 9.17) is 10.1 Å². The molecule has 238 valence electrons. The maximum absolute atomic E-state index is 13.2. The van der Waals surface area contributed by atoms with Gasteiger partial charge in [0, 0.05) is 73.6 Å². The molecule has 3 aliphatic rings. The van der Waals surface area contributed by atoms with Crippen LogP contribution in [0, 0.1) is 16.7 Å². The normalized spacial score (nSPS) is 18.7. The monoisotopic (exact) mass is 621 g/mol. The Balaban J connectivity index is 1.11. The Bertz CT molecular complexity index is 1780. The largest absolute Gasteiger partial charge is 0.465 e. The zero-order chi connectivity index (χ0) is 31.8. The van der Waals surface area contributed by atoms with Crippen LogP contribution in [0.4, 0.5) is 10.6 Å². The molecule has 2 aliphatic heterocycles. The van der Waals surface area contributed by atoms with Gasteiger partial charge in [0.1, 0.15) is 11.9 Å². The van der Waals surface area contributed by atoms with Gasteiger partial charge in [0.25, 0.3) is 0 Å². The minimum absolute atomic E-state index is 0.133. The Morgan fingerprint density at radius 2 is 1.83 bits per heavy atom. The first-order valence-electron chi connectivity index (χ1n) is 16.3. The van der Waals surface area contributed by atoms with Crippen LogP contribution in [-0.2, 0) is 4.79 Å². The predicted molar refractivity (Wildman–Crippen MR) is 172 cm³/mol. The van der Waals surface area contributed by atoms with Gasteiger partial charge in [-0.05, 0) is 75.6 Å². The number of nitrogens with zero attached hydrogens (tertiary/aromatic N) is 8. The third kappa shape index (κ3) is 5.55. The average Bonchev–Trinajstić information content (AvgIpc) is 3.74. The maximum atomic E-state index is 13.2. The number of anilines is 1. The Morgan fingerprint density at radius 1 is 1.04 bits per heavy atom. The molecule has 6 heterocycles. The van der Waals surface area contributed by atoms with Gasteiger partial charge >= 0.3 is 6.09 Å². The number of rotatable bonds is 7. The molecule has 7 rings (SSSR count). The number of amides is 2. The number of pyridine rings is 2. The Morgan fingerprint density at radius 3 is 2.46 bits per heavy atom. The Hall–Kier alpha value is -4.92. The molecule has 12 heteroatoms. The molecule has 4 aromatic rings. The van der Waals surface area contributed by atoms with Crippen LogP contribution < -0.4 is 10.2 Å². The Kier molecular flexibility index (Phi) is 7.84. The summed E-state index contributed by atoms with van der Waals surface area (Å²) in [4.78, 5) is 33.1. The van der Waals surface area contributed by atoms with E-state index < -0.39 is 6.09 Å². The van der Waals surface area contributed by atoms with Gasteiger partial charge in [0.2, 0.25) is 5.91 Å². The first-order valence-corrected chi connectivity index (χ1v) is 16.3. The van der Waals surface area contributed by atoms with Crippen molar-refractivity contribution < 1.29 is 14.7 Å². The highest BCUT2D eigenvalue weighted by atomic mass is 16.4. The fraction of sp³-hybridized carbons (Fsp3) is 0.471. The molecule has 0 aromatic carbocycles. The third-order valence-corrected chi connectivity index (χ3v) is 10.4. The summed E-state index contributed by atoms with van der Waals surface area (Å²) in [6.45, 7) is 4.67. The molecule has 0 atom stereocenters. The van der Waals surface area contributed by atoms with Gasteiger partial charge in [-0.3, -0.25) is 9.48 Å². The number of nitrogens with one attached hydrogen (secondary N) is 1. The molecule has 3 fully saturated rings. The fourth-order valence-corrected chi connectivity index (χ4v) is 7.06. The van der Waals surface area contributed by atoms with Crippen molar-refractivity contribution in [1.82, 2.24) is 34.6 Å². The number of carbonyl (C=O) groups excluding carboxylic acids is 1. The summed E-state index contributed by atoms with van der Waals surface area (Å²) >= 11 is 0. The predicted octanol–water partition coefficient (Wildman–Crippen LogP) is 5.11. The minimum atomic E-state index is -0.878. The first-order chi connectivity index (χ1) is 22.4.